The summed E-state index contributed by atoms with van der Waals surface area (Å²) in [6.45, 7) is 2.63. The molecule has 0 bridgehead atoms. The molecule has 2 aromatic rings. The Balaban J connectivity index is 2.34. The van der Waals surface area contributed by atoms with Gasteiger partial charge in [0.2, 0.25) is 0 Å². The first-order valence-corrected chi connectivity index (χ1v) is 6.83. The first kappa shape index (κ1) is 15.6. The van der Waals surface area contributed by atoms with E-state index < -0.39 is 12.3 Å². The van der Waals surface area contributed by atoms with Crippen LogP contribution in [0.25, 0.3) is 10.8 Å². The molecular formula is C16H17F3O2. The first-order valence-electron chi connectivity index (χ1n) is 6.83. The summed E-state index contributed by atoms with van der Waals surface area (Å²) in [5.41, 5.74) is -0.139. The fourth-order valence-electron chi connectivity index (χ4n) is 2.13. The van der Waals surface area contributed by atoms with E-state index in [9.17, 15) is 18.3 Å². The van der Waals surface area contributed by atoms with Gasteiger partial charge in [0.1, 0.15) is 5.75 Å². The molecule has 2 nitrogen and oxygen atoms in total. The van der Waals surface area contributed by atoms with E-state index in [1.165, 1.54) is 12.1 Å². The third-order valence-electron chi connectivity index (χ3n) is 3.26. The maximum Gasteiger partial charge on any atom is 0.418 e. The van der Waals surface area contributed by atoms with Crippen LogP contribution in [0.15, 0.2) is 36.4 Å². The van der Waals surface area contributed by atoms with E-state index in [0.29, 0.717) is 23.1 Å². The molecule has 0 amide bonds. The fraction of sp³-hybridized carbons (Fsp3) is 0.375. The smallest absolute Gasteiger partial charge is 0.418 e. The minimum atomic E-state index is -4.68. The summed E-state index contributed by atoms with van der Waals surface area (Å²) in [6.07, 6.45) is -5.22. The molecule has 0 radical (unpaired) electrons. The summed E-state index contributed by atoms with van der Waals surface area (Å²) in [5.74, 6) is 0.620. The van der Waals surface area contributed by atoms with Gasteiger partial charge < -0.3 is 9.84 Å². The maximum atomic E-state index is 12.7. The molecule has 1 N–H and O–H groups in total. The average Bonchev–Trinajstić information content (AvgIpc) is 2.45. The lowest BCUT2D eigenvalue weighted by Gasteiger charge is -2.17. The standard InChI is InChI=1S/C16H17F3O2/c1-2-3-9-21-12-7-8-13-11(10-12)5-4-6-14(13)15(20)16(17,18)19/h4-8,10,15,20H,2-3,9H2,1H3. The Morgan fingerprint density at radius 2 is 1.95 bits per heavy atom. The summed E-state index contributed by atoms with van der Waals surface area (Å²) in [7, 11) is 0. The van der Waals surface area contributed by atoms with E-state index in [4.69, 9.17) is 4.74 Å². The highest BCUT2D eigenvalue weighted by Gasteiger charge is 2.40. The van der Waals surface area contributed by atoms with Gasteiger partial charge in [0.25, 0.3) is 0 Å². The third kappa shape index (κ3) is 3.67. The first-order chi connectivity index (χ1) is 9.93. The van der Waals surface area contributed by atoms with Crippen molar-refractivity contribution in [3.63, 3.8) is 0 Å². The summed E-state index contributed by atoms with van der Waals surface area (Å²) in [6, 6.07) is 9.37. The number of hydrogen-bond donors (Lipinski definition) is 1. The molecule has 0 aliphatic heterocycles. The number of fused-ring (bicyclic) bond motifs is 1. The molecule has 1 unspecified atom stereocenters. The van der Waals surface area contributed by atoms with Crippen LogP contribution >= 0.6 is 0 Å². The predicted octanol–water partition coefficient (Wildman–Crippen LogP) is 4.61. The number of benzene rings is 2. The molecule has 5 heteroatoms. The summed E-state index contributed by atoms with van der Waals surface area (Å²) >= 11 is 0. The highest BCUT2D eigenvalue weighted by Crippen LogP contribution is 2.36. The molecule has 2 aromatic carbocycles. The van der Waals surface area contributed by atoms with Gasteiger partial charge in [-0.3, -0.25) is 0 Å². The lowest BCUT2D eigenvalue weighted by molar-refractivity contribution is -0.206. The minimum absolute atomic E-state index is 0.139. The molecule has 0 aromatic heterocycles. The molecule has 114 valence electrons. The summed E-state index contributed by atoms with van der Waals surface area (Å²) < 4.78 is 43.6. The number of hydrogen-bond acceptors (Lipinski definition) is 2. The fourth-order valence-corrected chi connectivity index (χ4v) is 2.13. The van der Waals surface area contributed by atoms with Crippen LogP contribution in [0, 0.1) is 0 Å². The Morgan fingerprint density at radius 1 is 1.19 bits per heavy atom. The monoisotopic (exact) mass is 298 g/mol. The van der Waals surface area contributed by atoms with Gasteiger partial charge in [-0.05, 0) is 34.9 Å². The number of halogens is 3. The molecule has 0 fully saturated rings. The molecule has 21 heavy (non-hydrogen) atoms. The highest BCUT2D eigenvalue weighted by atomic mass is 19.4. The van der Waals surface area contributed by atoms with Crippen LogP contribution in [0.3, 0.4) is 0 Å². The number of unbranched alkanes of at least 4 members (excludes halogenated alkanes) is 1. The van der Waals surface area contributed by atoms with Crippen molar-refractivity contribution >= 4 is 10.8 Å². The molecule has 2 rings (SSSR count). The van der Waals surface area contributed by atoms with E-state index in [1.807, 2.05) is 0 Å². The molecule has 0 aliphatic rings. The molecular weight excluding hydrogens is 281 g/mol. The molecule has 0 spiro atoms. The number of ether oxygens (including phenoxy) is 1. The minimum Gasteiger partial charge on any atom is -0.494 e. The molecule has 0 saturated heterocycles. The number of alkyl halides is 3. The number of aliphatic hydroxyl groups is 1. The van der Waals surface area contributed by atoms with Crippen LogP contribution in [-0.4, -0.2) is 17.9 Å². The second-order valence-electron chi connectivity index (χ2n) is 4.88. The Bertz CT molecular complexity index is 608. The zero-order chi connectivity index (χ0) is 15.5. The van der Waals surface area contributed by atoms with Crippen molar-refractivity contribution in [2.24, 2.45) is 0 Å². The normalized spacial score (nSPS) is 13.4. The zero-order valence-electron chi connectivity index (χ0n) is 11.7. The van der Waals surface area contributed by atoms with Gasteiger partial charge in [-0.2, -0.15) is 13.2 Å². The summed E-state index contributed by atoms with van der Waals surface area (Å²) in [4.78, 5) is 0. The van der Waals surface area contributed by atoms with Crippen molar-refractivity contribution in [3.8, 4) is 5.75 Å². The van der Waals surface area contributed by atoms with E-state index in [-0.39, 0.29) is 5.56 Å². The van der Waals surface area contributed by atoms with Crippen molar-refractivity contribution < 1.29 is 23.0 Å². The van der Waals surface area contributed by atoms with E-state index in [2.05, 4.69) is 6.92 Å². The van der Waals surface area contributed by atoms with Gasteiger partial charge in [-0.15, -0.1) is 0 Å². The van der Waals surface area contributed by atoms with Gasteiger partial charge in [0, 0.05) is 0 Å². The molecule has 0 heterocycles. The van der Waals surface area contributed by atoms with Gasteiger partial charge in [0.15, 0.2) is 6.10 Å². The molecule has 0 saturated carbocycles. The van der Waals surface area contributed by atoms with Crippen molar-refractivity contribution in [2.75, 3.05) is 6.61 Å². The average molecular weight is 298 g/mol. The Morgan fingerprint density at radius 3 is 2.62 bits per heavy atom. The van der Waals surface area contributed by atoms with Crippen molar-refractivity contribution in [1.29, 1.82) is 0 Å². The number of rotatable bonds is 5. The van der Waals surface area contributed by atoms with Crippen molar-refractivity contribution in [2.45, 2.75) is 32.0 Å². The van der Waals surface area contributed by atoms with Gasteiger partial charge >= 0.3 is 6.18 Å². The predicted molar refractivity (Wildman–Crippen MR) is 75.4 cm³/mol. The maximum absolute atomic E-state index is 12.7. The lowest BCUT2D eigenvalue weighted by atomic mass is 10.00. The lowest BCUT2D eigenvalue weighted by Crippen LogP contribution is -2.20. The second kappa shape index (κ2) is 6.35. The van der Waals surface area contributed by atoms with E-state index in [1.54, 1.807) is 24.3 Å². The van der Waals surface area contributed by atoms with Crippen LogP contribution in [0.4, 0.5) is 13.2 Å². The van der Waals surface area contributed by atoms with Gasteiger partial charge in [-0.25, -0.2) is 0 Å². The van der Waals surface area contributed by atoms with Crippen LogP contribution in [0.2, 0.25) is 0 Å². The van der Waals surface area contributed by atoms with Crippen LogP contribution in [0.5, 0.6) is 5.75 Å². The van der Waals surface area contributed by atoms with Crippen LogP contribution in [-0.2, 0) is 0 Å². The van der Waals surface area contributed by atoms with Crippen molar-refractivity contribution in [1.82, 2.24) is 0 Å². The van der Waals surface area contributed by atoms with E-state index in [0.717, 1.165) is 12.8 Å². The largest absolute Gasteiger partial charge is 0.494 e. The van der Waals surface area contributed by atoms with Crippen LogP contribution < -0.4 is 4.74 Å². The Kier molecular flexibility index (Phi) is 4.73. The Hall–Kier alpha value is -1.75. The number of aliphatic hydroxyl groups excluding tert-OH is 1. The molecule has 0 aliphatic carbocycles. The van der Waals surface area contributed by atoms with E-state index >= 15 is 0 Å². The summed E-state index contributed by atoms with van der Waals surface area (Å²) in [5, 5.41) is 10.4. The molecule has 1 atom stereocenters. The van der Waals surface area contributed by atoms with Crippen molar-refractivity contribution in [3.05, 3.63) is 42.0 Å². The topological polar surface area (TPSA) is 29.5 Å². The van der Waals surface area contributed by atoms with Gasteiger partial charge in [-0.1, -0.05) is 37.6 Å². The third-order valence-corrected chi connectivity index (χ3v) is 3.26. The van der Waals surface area contributed by atoms with Crippen LogP contribution in [0.1, 0.15) is 31.4 Å². The van der Waals surface area contributed by atoms with Gasteiger partial charge in [0.05, 0.1) is 6.61 Å². The Labute approximate surface area is 121 Å². The quantitative estimate of drug-likeness (QED) is 0.816. The zero-order valence-corrected chi connectivity index (χ0v) is 11.7. The second-order valence-corrected chi connectivity index (χ2v) is 4.88. The SMILES string of the molecule is CCCCOc1ccc2c(C(O)C(F)(F)F)cccc2c1. The highest BCUT2D eigenvalue weighted by molar-refractivity contribution is 5.87.